The van der Waals surface area contributed by atoms with Crippen molar-refractivity contribution in [3.05, 3.63) is 76.6 Å². The number of rotatable bonds is 8. The molecule has 0 aliphatic heterocycles. The van der Waals surface area contributed by atoms with Crippen LogP contribution in [0.5, 0.6) is 0 Å². The smallest absolute Gasteiger partial charge is 0.341 e. The number of nitrogens with zero attached hydrogens (tertiary/aromatic N) is 2. The summed E-state index contributed by atoms with van der Waals surface area (Å²) in [6.07, 6.45) is 6.71. The van der Waals surface area contributed by atoms with Crippen LogP contribution in [-0.2, 0) is 27.1 Å². The summed E-state index contributed by atoms with van der Waals surface area (Å²) in [7, 11) is 0. The molecule has 10 nitrogen and oxygen atoms in total. The molecule has 1 N–H and O–H groups in total. The van der Waals surface area contributed by atoms with E-state index in [9.17, 15) is 14.4 Å². The summed E-state index contributed by atoms with van der Waals surface area (Å²) in [6, 6.07) is 11.8. The number of carbonyl (C=O) groups is 3. The van der Waals surface area contributed by atoms with Crippen LogP contribution in [0.1, 0.15) is 50.9 Å². The van der Waals surface area contributed by atoms with E-state index in [0.29, 0.717) is 44.5 Å². The first-order valence-electron chi connectivity index (χ1n) is 13.2. The first kappa shape index (κ1) is 26.5. The highest BCUT2D eigenvalue weighted by molar-refractivity contribution is 7.17. The van der Waals surface area contributed by atoms with E-state index in [-0.39, 0.29) is 12.2 Å². The zero-order chi connectivity index (χ0) is 28.3. The predicted molar refractivity (Wildman–Crippen MR) is 151 cm³/mol. The summed E-state index contributed by atoms with van der Waals surface area (Å²) in [5, 5.41) is 3.17. The minimum Gasteiger partial charge on any atom is -0.463 e. The van der Waals surface area contributed by atoms with Crippen LogP contribution in [0.4, 0.5) is 5.00 Å². The molecule has 1 aliphatic carbocycles. The standard InChI is InChI=1S/C30H25N3O7S/c1-2-37-30(36)25-18-7-3-4-10-23(18)41-28(25)33-24(34)16-40-29(35)17-11-12-19-20(15-17)32-27(22-9-6-14-39-22)26(31-19)21-8-5-13-38-21/h5-6,8-9,11-15H,2-4,7,10,16H2,1H3,(H,33,34). The molecule has 0 radical (unpaired) electrons. The van der Waals surface area contributed by atoms with Gasteiger partial charge in [-0.1, -0.05) is 0 Å². The van der Waals surface area contributed by atoms with Crippen LogP contribution in [-0.4, -0.2) is 41.0 Å². The highest BCUT2D eigenvalue weighted by Crippen LogP contribution is 2.38. The molecule has 1 aromatic carbocycles. The van der Waals surface area contributed by atoms with Crippen molar-refractivity contribution in [3.8, 4) is 22.9 Å². The largest absolute Gasteiger partial charge is 0.463 e. The number of carbonyl (C=O) groups excluding carboxylic acids is 3. The fourth-order valence-corrected chi connectivity index (χ4v) is 6.10. The van der Waals surface area contributed by atoms with E-state index >= 15 is 0 Å². The Labute approximate surface area is 238 Å². The second kappa shape index (κ2) is 11.4. The van der Waals surface area contributed by atoms with Gasteiger partial charge in [0.1, 0.15) is 16.4 Å². The zero-order valence-electron chi connectivity index (χ0n) is 22.1. The monoisotopic (exact) mass is 571 g/mol. The van der Waals surface area contributed by atoms with Gasteiger partial charge in [0.25, 0.3) is 5.91 Å². The highest BCUT2D eigenvalue weighted by atomic mass is 32.1. The summed E-state index contributed by atoms with van der Waals surface area (Å²) >= 11 is 1.37. The maximum atomic E-state index is 12.9. The number of aromatic nitrogens is 2. The number of amides is 1. The Morgan fingerprint density at radius 3 is 2.29 bits per heavy atom. The molecule has 4 aromatic heterocycles. The molecule has 0 spiro atoms. The second-order valence-electron chi connectivity index (χ2n) is 9.34. The number of nitrogens with one attached hydrogen (secondary N) is 1. The van der Waals surface area contributed by atoms with Crippen molar-refractivity contribution in [2.45, 2.75) is 32.6 Å². The Morgan fingerprint density at radius 2 is 1.61 bits per heavy atom. The van der Waals surface area contributed by atoms with E-state index in [0.717, 1.165) is 36.1 Å². The molecule has 0 bridgehead atoms. The molecule has 5 aromatic rings. The van der Waals surface area contributed by atoms with Crippen molar-refractivity contribution in [3.63, 3.8) is 0 Å². The lowest BCUT2D eigenvalue weighted by atomic mass is 9.95. The SMILES string of the molecule is CCOC(=O)c1c(NC(=O)COC(=O)c2ccc3nc(-c4ccco4)c(-c4ccco4)nc3c2)sc2c1CCCC2. The average Bonchev–Trinajstić information content (AvgIpc) is 3.76. The molecule has 6 rings (SSSR count). The number of aryl methyl sites for hydroxylation is 1. The zero-order valence-corrected chi connectivity index (χ0v) is 22.9. The van der Waals surface area contributed by atoms with Gasteiger partial charge in [0, 0.05) is 4.88 Å². The molecular formula is C30H25N3O7S. The molecule has 208 valence electrons. The van der Waals surface area contributed by atoms with E-state index < -0.39 is 24.5 Å². The number of esters is 2. The van der Waals surface area contributed by atoms with Crippen LogP contribution in [0.3, 0.4) is 0 Å². The Kier molecular flexibility index (Phi) is 7.34. The van der Waals surface area contributed by atoms with Crippen molar-refractivity contribution in [2.75, 3.05) is 18.5 Å². The van der Waals surface area contributed by atoms with Gasteiger partial charge in [-0.3, -0.25) is 4.79 Å². The number of hydrogen-bond donors (Lipinski definition) is 1. The maximum Gasteiger partial charge on any atom is 0.341 e. The third kappa shape index (κ3) is 5.36. The summed E-state index contributed by atoms with van der Waals surface area (Å²) < 4.78 is 21.6. The van der Waals surface area contributed by atoms with Crippen LogP contribution in [0.15, 0.2) is 63.8 Å². The molecule has 1 aliphatic rings. The number of benzene rings is 1. The minimum absolute atomic E-state index is 0.203. The van der Waals surface area contributed by atoms with Gasteiger partial charge in [0.05, 0.1) is 41.3 Å². The number of furan rings is 2. The number of ether oxygens (including phenoxy) is 2. The van der Waals surface area contributed by atoms with Crippen LogP contribution >= 0.6 is 11.3 Å². The number of hydrogen-bond acceptors (Lipinski definition) is 10. The van der Waals surface area contributed by atoms with E-state index in [1.54, 1.807) is 55.7 Å². The topological polar surface area (TPSA) is 134 Å². The fourth-order valence-electron chi connectivity index (χ4n) is 4.80. The molecule has 1 amide bonds. The van der Waals surface area contributed by atoms with Crippen molar-refractivity contribution in [1.29, 1.82) is 0 Å². The lowest BCUT2D eigenvalue weighted by molar-refractivity contribution is -0.119. The van der Waals surface area contributed by atoms with E-state index in [1.807, 2.05) is 0 Å². The lowest BCUT2D eigenvalue weighted by Crippen LogP contribution is -2.22. The van der Waals surface area contributed by atoms with Crippen LogP contribution < -0.4 is 5.32 Å². The number of thiophene rings is 1. The molecule has 0 atom stereocenters. The lowest BCUT2D eigenvalue weighted by Gasteiger charge is -2.12. The molecule has 0 saturated carbocycles. The Hall–Kier alpha value is -4.77. The van der Waals surface area contributed by atoms with Gasteiger partial charge in [-0.15, -0.1) is 11.3 Å². The summed E-state index contributed by atoms with van der Waals surface area (Å²) in [4.78, 5) is 48.7. The van der Waals surface area contributed by atoms with Crippen LogP contribution in [0.2, 0.25) is 0 Å². The van der Waals surface area contributed by atoms with Crippen molar-refractivity contribution < 1.29 is 32.7 Å². The molecule has 0 unspecified atom stereocenters. The Balaban J connectivity index is 1.19. The van der Waals surface area contributed by atoms with Crippen LogP contribution in [0.25, 0.3) is 33.9 Å². The van der Waals surface area contributed by atoms with Gasteiger partial charge in [-0.05, 0) is 80.6 Å². The third-order valence-corrected chi connectivity index (χ3v) is 7.85. The maximum absolute atomic E-state index is 12.9. The van der Waals surface area contributed by atoms with E-state index in [1.165, 1.54) is 17.6 Å². The highest BCUT2D eigenvalue weighted by Gasteiger charge is 2.27. The van der Waals surface area contributed by atoms with E-state index in [4.69, 9.17) is 23.3 Å². The first-order chi connectivity index (χ1) is 20.0. The normalized spacial score (nSPS) is 12.6. The van der Waals surface area contributed by atoms with Gasteiger partial charge in [0.15, 0.2) is 18.1 Å². The van der Waals surface area contributed by atoms with Gasteiger partial charge in [0.2, 0.25) is 0 Å². The Morgan fingerprint density at radius 1 is 0.902 bits per heavy atom. The Bertz CT molecular complexity index is 1740. The van der Waals surface area contributed by atoms with Gasteiger partial charge >= 0.3 is 11.9 Å². The molecule has 11 heteroatoms. The van der Waals surface area contributed by atoms with Crippen molar-refractivity contribution in [1.82, 2.24) is 9.97 Å². The molecular weight excluding hydrogens is 546 g/mol. The van der Waals surface area contributed by atoms with Crippen molar-refractivity contribution >= 4 is 45.2 Å². The molecule has 41 heavy (non-hydrogen) atoms. The fraction of sp³-hybridized carbons (Fsp3) is 0.233. The second-order valence-corrected chi connectivity index (χ2v) is 10.4. The number of anilines is 1. The average molecular weight is 572 g/mol. The van der Waals surface area contributed by atoms with Gasteiger partial charge < -0.3 is 23.6 Å². The van der Waals surface area contributed by atoms with E-state index in [2.05, 4.69) is 10.3 Å². The molecule has 0 fully saturated rings. The first-order valence-corrected chi connectivity index (χ1v) is 14.0. The predicted octanol–water partition coefficient (Wildman–Crippen LogP) is 6.06. The quantitative estimate of drug-likeness (QED) is 0.221. The summed E-state index contributed by atoms with van der Waals surface area (Å²) in [6.45, 7) is 1.45. The molecule has 4 heterocycles. The third-order valence-electron chi connectivity index (χ3n) is 6.65. The summed E-state index contributed by atoms with van der Waals surface area (Å²) in [5.74, 6) is -0.688. The minimum atomic E-state index is -0.699. The van der Waals surface area contributed by atoms with Crippen molar-refractivity contribution in [2.24, 2.45) is 0 Å². The summed E-state index contributed by atoms with van der Waals surface area (Å²) in [5.41, 5.74) is 3.48. The molecule has 0 saturated heterocycles. The van der Waals surface area contributed by atoms with Gasteiger partial charge in [-0.2, -0.15) is 0 Å². The van der Waals surface area contributed by atoms with Gasteiger partial charge in [-0.25, -0.2) is 19.6 Å². The number of fused-ring (bicyclic) bond motifs is 2. The van der Waals surface area contributed by atoms with Crippen LogP contribution in [0, 0.1) is 0 Å².